The van der Waals surface area contributed by atoms with Gasteiger partial charge in [-0.25, -0.2) is 14.2 Å². The number of halogens is 1. The average molecular weight is 439 g/mol. The van der Waals surface area contributed by atoms with Gasteiger partial charge in [0.1, 0.15) is 23.1 Å². The van der Waals surface area contributed by atoms with Crippen LogP contribution in [0, 0.1) is 5.82 Å². The van der Waals surface area contributed by atoms with Gasteiger partial charge >= 0.3 is 5.97 Å². The van der Waals surface area contributed by atoms with Crippen molar-refractivity contribution in [3.63, 3.8) is 0 Å². The second-order valence-corrected chi connectivity index (χ2v) is 7.45. The molecule has 0 atom stereocenters. The molecule has 0 saturated carbocycles. The predicted molar refractivity (Wildman–Crippen MR) is 118 cm³/mol. The number of carbonyl (C=O) groups is 2. The summed E-state index contributed by atoms with van der Waals surface area (Å²) in [6.07, 6.45) is 0. The molecule has 32 heavy (non-hydrogen) atoms. The van der Waals surface area contributed by atoms with Crippen LogP contribution in [0.25, 0.3) is 11.3 Å². The Morgan fingerprint density at radius 1 is 1.16 bits per heavy atom. The molecule has 0 unspecified atom stereocenters. The van der Waals surface area contributed by atoms with Crippen LogP contribution in [0.15, 0.2) is 42.5 Å². The van der Waals surface area contributed by atoms with Crippen LogP contribution >= 0.6 is 0 Å². The highest BCUT2D eigenvalue weighted by atomic mass is 19.1. The lowest BCUT2D eigenvalue weighted by molar-refractivity contribution is 0.0520. The first kappa shape index (κ1) is 23.0. The summed E-state index contributed by atoms with van der Waals surface area (Å²) in [5.41, 5.74) is 2.54. The van der Waals surface area contributed by atoms with Gasteiger partial charge in [-0.2, -0.15) is 0 Å². The average Bonchev–Trinajstić information content (AvgIpc) is 3.24. The number of carbonyl (C=O) groups excluding carboxylic acids is 2. The van der Waals surface area contributed by atoms with E-state index in [2.05, 4.69) is 15.3 Å². The van der Waals surface area contributed by atoms with E-state index in [4.69, 9.17) is 9.47 Å². The standard InChI is InChI=1S/C24H26FN3O4/c1-5-32-24(30)21-20(27-22(28-21)14(2)3)16-8-6-15(7-9-16)13-26-23(29)18-12-17(25)10-11-19(18)31-4/h6-12,14H,5,13H2,1-4H3,(H,26,29)(H,27,28). The summed E-state index contributed by atoms with van der Waals surface area (Å²) in [5.74, 6) is -0.302. The molecule has 3 aromatic rings. The smallest absolute Gasteiger partial charge is 0.357 e. The Hall–Kier alpha value is -3.68. The zero-order chi connectivity index (χ0) is 23.3. The van der Waals surface area contributed by atoms with Gasteiger partial charge < -0.3 is 19.8 Å². The van der Waals surface area contributed by atoms with Crippen molar-refractivity contribution in [3.8, 4) is 17.0 Å². The maximum absolute atomic E-state index is 13.5. The molecule has 2 aromatic carbocycles. The molecule has 0 aliphatic heterocycles. The lowest BCUT2D eigenvalue weighted by atomic mass is 10.1. The molecule has 0 aliphatic rings. The van der Waals surface area contributed by atoms with Crippen molar-refractivity contribution >= 4 is 11.9 Å². The van der Waals surface area contributed by atoms with E-state index < -0.39 is 17.7 Å². The van der Waals surface area contributed by atoms with E-state index in [-0.39, 0.29) is 24.6 Å². The second kappa shape index (κ2) is 10.1. The Kier molecular flexibility index (Phi) is 7.25. The van der Waals surface area contributed by atoms with Crippen molar-refractivity contribution < 1.29 is 23.5 Å². The number of hydrogen-bond acceptors (Lipinski definition) is 5. The monoisotopic (exact) mass is 439 g/mol. The molecule has 7 nitrogen and oxygen atoms in total. The summed E-state index contributed by atoms with van der Waals surface area (Å²) in [4.78, 5) is 32.5. The van der Waals surface area contributed by atoms with Crippen molar-refractivity contribution in [2.24, 2.45) is 0 Å². The van der Waals surface area contributed by atoms with Gasteiger partial charge in [0.05, 0.1) is 19.3 Å². The molecule has 0 bridgehead atoms. The second-order valence-electron chi connectivity index (χ2n) is 7.45. The van der Waals surface area contributed by atoms with E-state index in [1.807, 2.05) is 38.1 Å². The largest absolute Gasteiger partial charge is 0.496 e. The van der Waals surface area contributed by atoms with E-state index in [0.29, 0.717) is 23.0 Å². The summed E-state index contributed by atoms with van der Waals surface area (Å²) in [7, 11) is 1.42. The van der Waals surface area contributed by atoms with Crippen LogP contribution in [0.2, 0.25) is 0 Å². The van der Waals surface area contributed by atoms with Gasteiger partial charge in [-0.1, -0.05) is 38.1 Å². The van der Waals surface area contributed by atoms with Crippen molar-refractivity contribution in [3.05, 3.63) is 70.9 Å². The molecule has 1 heterocycles. The first-order chi connectivity index (χ1) is 15.3. The van der Waals surface area contributed by atoms with Gasteiger partial charge in [0.15, 0.2) is 5.69 Å². The fourth-order valence-electron chi connectivity index (χ4n) is 3.14. The zero-order valence-electron chi connectivity index (χ0n) is 18.5. The Morgan fingerprint density at radius 3 is 2.50 bits per heavy atom. The first-order valence-corrected chi connectivity index (χ1v) is 10.3. The third-order valence-corrected chi connectivity index (χ3v) is 4.84. The molecule has 2 N–H and O–H groups in total. The molecule has 3 rings (SSSR count). The lowest BCUT2D eigenvalue weighted by Gasteiger charge is -2.10. The summed E-state index contributed by atoms with van der Waals surface area (Å²) >= 11 is 0. The number of aromatic amines is 1. The number of H-pyrrole nitrogens is 1. The molecule has 0 spiro atoms. The number of rotatable bonds is 8. The van der Waals surface area contributed by atoms with Crippen LogP contribution < -0.4 is 10.1 Å². The lowest BCUT2D eigenvalue weighted by Crippen LogP contribution is -2.23. The minimum absolute atomic E-state index is 0.117. The zero-order valence-corrected chi connectivity index (χ0v) is 18.5. The van der Waals surface area contributed by atoms with Crippen molar-refractivity contribution in [1.82, 2.24) is 15.3 Å². The maximum atomic E-state index is 13.5. The van der Waals surface area contributed by atoms with Gasteiger partial charge in [0.2, 0.25) is 0 Å². The number of nitrogens with zero attached hydrogens (tertiary/aromatic N) is 1. The quantitative estimate of drug-likeness (QED) is 0.506. The fraction of sp³-hybridized carbons (Fsp3) is 0.292. The van der Waals surface area contributed by atoms with Gasteiger partial charge in [-0.05, 0) is 30.7 Å². The number of amides is 1. The van der Waals surface area contributed by atoms with Crippen LogP contribution in [-0.4, -0.2) is 35.6 Å². The van der Waals surface area contributed by atoms with Crippen LogP contribution in [0.5, 0.6) is 5.75 Å². The minimum atomic E-state index is -0.516. The number of hydrogen-bond donors (Lipinski definition) is 2. The third-order valence-electron chi connectivity index (χ3n) is 4.84. The molecule has 1 amide bonds. The molecular formula is C24H26FN3O4. The third kappa shape index (κ3) is 5.14. The van der Waals surface area contributed by atoms with Gasteiger partial charge in [-0.3, -0.25) is 4.79 Å². The molecule has 0 radical (unpaired) electrons. The number of esters is 1. The van der Waals surface area contributed by atoms with E-state index in [1.54, 1.807) is 6.92 Å². The van der Waals surface area contributed by atoms with Crippen LogP contribution in [-0.2, 0) is 11.3 Å². The molecule has 0 fully saturated rings. The predicted octanol–water partition coefficient (Wildman–Crippen LogP) is 4.45. The van der Waals surface area contributed by atoms with E-state index in [1.165, 1.54) is 19.2 Å². The van der Waals surface area contributed by atoms with Crippen molar-refractivity contribution in [2.75, 3.05) is 13.7 Å². The first-order valence-electron chi connectivity index (χ1n) is 10.3. The number of nitrogens with one attached hydrogen (secondary N) is 2. The Balaban J connectivity index is 1.77. The highest BCUT2D eigenvalue weighted by Gasteiger charge is 2.21. The number of methoxy groups -OCH3 is 1. The SMILES string of the molecule is CCOC(=O)c1[nH]c(C(C)C)nc1-c1ccc(CNC(=O)c2cc(F)ccc2OC)cc1. The minimum Gasteiger partial charge on any atom is -0.496 e. The van der Waals surface area contributed by atoms with Crippen LogP contribution in [0.1, 0.15) is 58.9 Å². The molecule has 8 heteroatoms. The number of benzene rings is 2. The highest BCUT2D eigenvalue weighted by Crippen LogP contribution is 2.26. The van der Waals surface area contributed by atoms with Gasteiger partial charge in [-0.15, -0.1) is 0 Å². The fourth-order valence-corrected chi connectivity index (χ4v) is 3.14. The van der Waals surface area contributed by atoms with Gasteiger partial charge in [0.25, 0.3) is 5.91 Å². The Bertz CT molecular complexity index is 1110. The summed E-state index contributed by atoms with van der Waals surface area (Å²) < 4.78 is 23.8. The van der Waals surface area contributed by atoms with Crippen molar-refractivity contribution in [2.45, 2.75) is 33.2 Å². The number of ether oxygens (including phenoxy) is 2. The Morgan fingerprint density at radius 2 is 1.88 bits per heavy atom. The maximum Gasteiger partial charge on any atom is 0.357 e. The van der Waals surface area contributed by atoms with Crippen LogP contribution in [0.3, 0.4) is 0 Å². The van der Waals surface area contributed by atoms with Crippen molar-refractivity contribution in [1.29, 1.82) is 0 Å². The summed E-state index contributed by atoms with van der Waals surface area (Å²) in [6, 6.07) is 11.1. The molecule has 168 valence electrons. The van der Waals surface area contributed by atoms with E-state index in [0.717, 1.165) is 17.2 Å². The normalized spacial score (nSPS) is 10.8. The highest BCUT2D eigenvalue weighted by molar-refractivity contribution is 5.97. The summed E-state index contributed by atoms with van der Waals surface area (Å²) in [6.45, 7) is 6.22. The van der Waals surface area contributed by atoms with E-state index >= 15 is 0 Å². The molecular weight excluding hydrogens is 413 g/mol. The summed E-state index contributed by atoms with van der Waals surface area (Å²) in [5, 5.41) is 2.76. The van der Waals surface area contributed by atoms with E-state index in [9.17, 15) is 14.0 Å². The van der Waals surface area contributed by atoms with Gasteiger partial charge in [0, 0.05) is 18.0 Å². The number of imidazole rings is 1. The van der Waals surface area contributed by atoms with Crippen LogP contribution in [0.4, 0.5) is 4.39 Å². The molecule has 0 saturated heterocycles. The topological polar surface area (TPSA) is 93.3 Å². The molecule has 1 aromatic heterocycles. The number of aromatic nitrogens is 2. The Labute approximate surface area is 186 Å². The molecule has 0 aliphatic carbocycles.